The van der Waals surface area contributed by atoms with Gasteiger partial charge in [0.15, 0.2) is 0 Å². The fourth-order valence-corrected chi connectivity index (χ4v) is 1.26. The van der Waals surface area contributed by atoms with E-state index in [1.807, 2.05) is 0 Å². The van der Waals surface area contributed by atoms with Crippen LogP contribution in [0.25, 0.3) is 0 Å². The predicted molar refractivity (Wildman–Crippen MR) is 60.6 cm³/mol. The third-order valence-corrected chi connectivity index (χ3v) is 2.31. The SMILES string of the molecule is C[N+](C)(C)CC(O)S(=O)(=O)O.OCC(O)CO. The standard InChI is InChI=1S/C5H13NO4S.C3H8O3/c1-6(2,3)4-5(7)11(8,9)10;4-1-3(6)2-5/h5,7H,4H2,1-3H3;3-6H,1-2H2/p+1. The van der Waals surface area contributed by atoms with Crippen molar-refractivity contribution in [1.82, 2.24) is 0 Å². The Morgan fingerprint density at radius 3 is 1.47 bits per heavy atom. The minimum absolute atomic E-state index is 0.0289. The molecule has 0 aliphatic carbocycles. The van der Waals surface area contributed by atoms with Gasteiger partial charge in [0.2, 0.25) is 5.44 Å². The van der Waals surface area contributed by atoms with E-state index in [2.05, 4.69) is 0 Å². The lowest BCUT2D eigenvalue weighted by molar-refractivity contribution is -0.872. The van der Waals surface area contributed by atoms with Crippen molar-refractivity contribution in [3.63, 3.8) is 0 Å². The lowest BCUT2D eigenvalue weighted by atomic mass is 10.4. The molecule has 0 aliphatic heterocycles. The number of hydrogen-bond donors (Lipinski definition) is 5. The fourth-order valence-electron chi connectivity index (χ4n) is 0.620. The van der Waals surface area contributed by atoms with Gasteiger partial charge in [-0.3, -0.25) is 4.55 Å². The number of nitrogens with zero attached hydrogens (tertiary/aromatic N) is 1. The van der Waals surface area contributed by atoms with Crippen molar-refractivity contribution < 1.29 is 37.9 Å². The molecular weight excluding hydrogens is 254 g/mol. The van der Waals surface area contributed by atoms with Crippen molar-refractivity contribution in [3.8, 4) is 0 Å². The van der Waals surface area contributed by atoms with Crippen LogP contribution in [0, 0.1) is 0 Å². The molecule has 1 atom stereocenters. The number of rotatable bonds is 5. The summed E-state index contributed by atoms with van der Waals surface area (Å²) in [5.74, 6) is 0. The van der Waals surface area contributed by atoms with Crippen LogP contribution in [0.4, 0.5) is 0 Å². The maximum Gasteiger partial charge on any atom is 0.297 e. The summed E-state index contributed by atoms with van der Waals surface area (Å²) in [6, 6.07) is 0. The summed E-state index contributed by atoms with van der Waals surface area (Å²) in [5.41, 5.74) is -1.69. The third-order valence-electron chi connectivity index (χ3n) is 1.47. The van der Waals surface area contributed by atoms with Gasteiger partial charge >= 0.3 is 0 Å². The van der Waals surface area contributed by atoms with E-state index in [0.717, 1.165) is 0 Å². The molecule has 0 rings (SSSR count). The number of hydrogen-bond acceptors (Lipinski definition) is 6. The number of aliphatic hydroxyl groups is 4. The first-order valence-corrected chi connectivity index (χ1v) is 6.29. The van der Waals surface area contributed by atoms with Gasteiger partial charge in [0.1, 0.15) is 12.6 Å². The first kappa shape index (κ1) is 19.1. The summed E-state index contributed by atoms with van der Waals surface area (Å²) in [4.78, 5) is 0. The van der Waals surface area contributed by atoms with E-state index in [1.54, 1.807) is 21.1 Å². The molecule has 0 bridgehead atoms. The Balaban J connectivity index is 0. The van der Waals surface area contributed by atoms with E-state index < -0.39 is 21.7 Å². The smallest absolute Gasteiger partial charge is 0.297 e. The molecule has 0 aromatic heterocycles. The van der Waals surface area contributed by atoms with E-state index in [4.69, 9.17) is 25.0 Å². The molecule has 0 saturated carbocycles. The van der Waals surface area contributed by atoms with Crippen LogP contribution < -0.4 is 0 Å². The normalized spacial score (nSPS) is 14.2. The Bertz CT molecular complexity index is 281. The minimum atomic E-state index is -4.30. The summed E-state index contributed by atoms with van der Waals surface area (Å²) in [5, 5.41) is 32.9. The summed E-state index contributed by atoms with van der Waals surface area (Å²) in [6.45, 7) is -0.758. The van der Waals surface area contributed by atoms with Crippen LogP contribution in [0.2, 0.25) is 0 Å². The largest absolute Gasteiger partial charge is 0.394 e. The maximum atomic E-state index is 10.3. The number of likely N-dealkylation sites (N-methyl/N-ethyl adjacent to an activating group) is 1. The summed E-state index contributed by atoms with van der Waals surface area (Å²) < 4.78 is 29.2. The zero-order valence-corrected chi connectivity index (χ0v) is 11.0. The van der Waals surface area contributed by atoms with Crippen molar-refractivity contribution in [2.45, 2.75) is 11.5 Å². The average molecular weight is 276 g/mol. The van der Waals surface area contributed by atoms with E-state index in [1.165, 1.54) is 0 Å². The minimum Gasteiger partial charge on any atom is -0.394 e. The van der Waals surface area contributed by atoms with Crippen molar-refractivity contribution in [3.05, 3.63) is 0 Å². The zero-order valence-electron chi connectivity index (χ0n) is 10.2. The Labute approximate surface area is 101 Å². The molecule has 0 heterocycles. The molecule has 8 nitrogen and oxygen atoms in total. The molecule has 0 aliphatic rings. The molecule has 0 spiro atoms. The van der Waals surface area contributed by atoms with Gasteiger partial charge in [-0.05, 0) is 0 Å². The van der Waals surface area contributed by atoms with Crippen molar-refractivity contribution >= 4 is 10.1 Å². The third kappa shape index (κ3) is 13.6. The molecule has 0 fully saturated rings. The van der Waals surface area contributed by atoms with Gasteiger partial charge in [-0.25, -0.2) is 0 Å². The second-order valence-corrected chi connectivity index (χ2v) is 6.04. The second kappa shape index (κ2) is 7.93. The van der Waals surface area contributed by atoms with Crippen LogP contribution in [-0.4, -0.2) is 90.3 Å². The van der Waals surface area contributed by atoms with Gasteiger partial charge in [-0.1, -0.05) is 0 Å². The van der Waals surface area contributed by atoms with Gasteiger partial charge in [-0.2, -0.15) is 8.42 Å². The monoisotopic (exact) mass is 276 g/mol. The topological polar surface area (TPSA) is 135 Å². The van der Waals surface area contributed by atoms with Gasteiger partial charge in [0.25, 0.3) is 10.1 Å². The maximum absolute atomic E-state index is 10.3. The number of aliphatic hydroxyl groups excluding tert-OH is 4. The molecule has 0 aromatic carbocycles. The Hall–Kier alpha value is -0.290. The van der Waals surface area contributed by atoms with E-state index >= 15 is 0 Å². The highest BCUT2D eigenvalue weighted by Crippen LogP contribution is 2.00. The highest BCUT2D eigenvalue weighted by molar-refractivity contribution is 7.86. The van der Waals surface area contributed by atoms with Crippen LogP contribution in [0.15, 0.2) is 0 Å². The lowest BCUT2D eigenvalue weighted by Gasteiger charge is -2.25. The zero-order chi connectivity index (χ0) is 14.3. The molecular formula is C8H22NO7S+. The highest BCUT2D eigenvalue weighted by atomic mass is 32.2. The Morgan fingerprint density at radius 2 is 1.41 bits per heavy atom. The molecule has 1 unspecified atom stereocenters. The van der Waals surface area contributed by atoms with Gasteiger partial charge in [-0.15, -0.1) is 0 Å². The lowest BCUT2D eigenvalue weighted by Crippen LogP contribution is -2.44. The van der Waals surface area contributed by atoms with Gasteiger partial charge in [0, 0.05) is 0 Å². The number of quaternary nitrogens is 1. The van der Waals surface area contributed by atoms with E-state index in [-0.39, 0.29) is 24.2 Å². The van der Waals surface area contributed by atoms with Crippen molar-refractivity contribution in [2.24, 2.45) is 0 Å². The van der Waals surface area contributed by atoms with Crippen LogP contribution in [0.5, 0.6) is 0 Å². The molecule has 17 heavy (non-hydrogen) atoms. The molecule has 0 radical (unpaired) electrons. The van der Waals surface area contributed by atoms with Gasteiger partial charge in [0.05, 0.1) is 34.4 Å². The van der Waals surface area contributed by atoms with E-state index in [0.29, 0.717) is 0 Å². The quantitative estimate of drug-likeness (QED) is 0.271. The van der Waals surface area contributed by atoms with Crippen molar-refractivity contribution in [1.29, 1.82) is 0 Å². The van der Waals surface area contributed by atoms with Gasteiger partial charge < -0.3 is 24.9 Å². The first-order chi connectivity index (χ1) is 7.44. The summed E-state index contributed by atoms with van der Waals surface area (Å²) in [7, 11) is 0.854. The van der Waals surface area contributed by atoms with E-state index in [9.17, 15) is 8.42 Å². The van der Waals surface area contributed by atoms with Crippen LogP contribution >= 0.6 is 0 Å². The van der Waals surface area contributed by atoms with Crippen LogP contribution in [-0.2, 0) is 10.1 Å². The fraction of sp³-hybridized carbons (Fsp3) is 1.00. The average Bonchev–Trinajstić information content (AvgIpc) is 2.13. The molecule has 5 N–H and O–H groups in total. The molecule has 9 heteroatoms. The molecule has 0 aromatic rings. The van der Waals surface area contributed by atoms with Crippen LogP contribution in [0.1, 0.15) is 0 Å². The highest BCUT2D eigenvalue weighted by Gasteiger charge is 2.26. The first-order valence-electron chi connectivity index (χ1n) is 4.78. The Morgan fingerprint density at radius 1 is 1.06 bits per heavy atom. The molecule has 0 saturated heterocycles. The van der Waals surface area contributed by atoms with Crippen molar-refractivity contribution in [2.75, 3.05) is 40.9 Å². The Kier molecular flexibility index (Phi) is 8.89. The summed E-state index contributed by atoms with van der Waals surface area (Å²) >= 11 is 0. The molecule has 106 valence electrons. The second-order valence-electron chi connectivity index (χ2n) is 4.46. The van der Waals surface area contributed by atoms with Crippen LogP contribution in [0.3, 0.4) is 0 Å². The summed E-state index contributed by atoms with van der Waals surface area (Å²) in [6.07, 6.45) is -0.954. The molecule has 0 amide bonds. The predicted octanol–water partition coefficient (Wildman–Crippen LogP) is -2.77.